The Morgan fingerprint density at radius 3 is 0.800 bits per heavy atom. The van der Waals surface area contributed by atoms with Gasteiger partial charge in [-0.05, 0) is 36.5 Å². The minimum atomic E-state index is -0.745. The number of thioether (sulfide) groups is 3. The van der Waals surface area contributed by atoms with E-state index in [2.05, 4.69) is 20.8 Å². The van der Waals surface area contributed by atoms with Crippen molar-refractivity contribution in [3.05, 3.63) is 0 Å². The molecule has 0 amide bonds. The maximum atomic E-state index is 12.8. The summed E-state index contributed by atoms with van der Waals surface area (Å²) in [7, 11) is 0. The summed E-state index contributed by atoms with van der Waals surface area (Å²) in [6.07, 6.45) is 49.3. The number of unbranched alkanes of at least 4 members (excludes halogenated alkanes) is 33. The molecule has 1 unspecified atom stereocenters. The van der Waals surface area contributed by atoms with Crippen molar-refractivity contribution in [3.8, 4) is 0 Å². The van der Waals surface area contributed by atoms with E-state index < -0.39 is 16.0 Å². The highest BCUT2D eigenvalue weighted by molar-refractivity contribution is 8.20. The number of aliphatic carboxylic acids is 2. The zero-order chi connectivity index (χ0) is 40.8. The highest BCUT2D eigenvalue weighted by Gasteiger charge is 2.39. The van der Waals surface area contributed by atoms with Crippen LogP contribution in [0.1, 0.15) is 265 Å². The van der Waals surface area contributed by atoms with Gasteiger partial charge in [-0.25, -0.2) is 4.79 Å². The zero-order valence-corrected chi connectivity index (χ0v) is 39.9. The molecule has 0 bridgehead atoms. The molecule has 0 saturated heterocycles. The number of carboxylic acid groups (broad SMARTS) is 2. The summed E-state index contributed by atoms with van der Waals surface area (Å²) in [6.45, 7) is 8.47. The first-order chi connectivity index (χ1) is 26.9. The van der Waals surface area contributed by atoms with Crippen molar-refractivity contribution in [2.45, 2.75) is 269 Å². The van der Waals surface area contributed by atoms with E-state index in [1.54, 1.807) is 30.4 Å². The number of hydrogen-bond donors (Lipinski definition) is 2. The molecule has 1 atom stereocenters. The molecule has 330 valence electrons. The first-order valence-corrected chi connectivity index (χ1v) is 27.3. The largest absolute Gasteiger partial charge is 0.481 e. The van der Waals surface area contributed by atoms with Crippen molar-refractivity contribution in [3.63, 3.8) is 0 Å². The Balaban J connectivity index is 0. The summed E-state index contributed by atoms with van der Waals surface area (Å²) < 4.78 is -0.669. The van der Waals surface area contributed by atoms with Gasteiger partial charge in [0.2, 0.25) is 0 Å². The highest BCUT2D eigenvalue weighted by Crippen LogP contribution is 2.42. The minimum Gasteiger partial charge on any atom is -0.481 e. The molecule has 0 aliphatic carbocycles. The summed E-state index contributed by atoms with van der Waals surface area (Å²) >= 11 is 5.45. The van der Waals surface area contributed by atoms with E-state index in [1.807, 2.05) is 11.8 Å². The van der Waals surface area contributed by atoms with Gasteiger partial charge in [0.05, 0.1) is 0 Å². The Morgan fingerprint density at radius 2 is 0.582 bits per heavy atom. The summed E-state index contributed by atoms with van der Waals surface area (Å²) in [4.78, 5) is 22.2. The molecule has 0 aliphatic rings. The third-order valence-corrected chi connectivity index (χ3v) is 15.6. The van der Waals surface area contributed by atoms with Crippen molar-refractivity contribution in [1.82, 2.24) is 0 Å². The van der Waals surface area contributed by atoms with Crippen LogP contribution in [0.5, 0.6) is 0 Å². The maximum Gasteiger partial charge on any atom is 0.330 e. The zero-order valence-electron chi connectivity index (χ0n) is 37.4. The standard InChI is InChI=1S/C45H90O2S3.C3H6O2/c1-4-7-10-13-16-19-22-23-24-25-26-27-30-33-36-39-42-50-45(44(46)47,49-41-38-35-32-29-21-18-15-12-9-6-3)43-48-40-37-34-31-28-20-17-14-11-8-5-2;1-2-3(4)5/h4-43H2,1-3H3,(H,46,47);2H2,1H3,(H,4,5). The van der Waals surface area contributed by atoms with Gasteiger partial charge in [0.25, 0.3) is 0 Å². The van der Waals surface area contributed by atoms with E-state index in [1.165, 1.54) is 225 Å². The third-order valence-electron chi connectivity index (χ3n) is 10.7. The predicted octanol–water partition coefficient (Wildman–Crippen LogP) is 17.6. The van der Waals surface area contributed by atoms with Crippen LogP contribution in [-0.4, -0.2) is 49.2 Å². The Kier molecular flexibility index (Phi) is 50.2. The van der Waals surface area contributed by atoms with E-state index >= 15 is 0 Å². The van der Waals surface area contributed by atoms with Gasteiger partial charge in [0, 0.05) is 12.2 Å². The van der Waals surface area contributed by atoms with Crippen LogP contribution in [0.15, 0.2) is 0 Å². The van der Waals surface area contributed by atoms with Gasteiger partial charge in [0.1, 0.15) is 0 Å². The molecule has 0 radical (unpaired) electrons. The van der Waals surface area contributed by atoms with Gasteiger partial charge in [-0.3, -0.25) is 4.79 Å². The second-order valence-electron chi connectivity index (χ2n) is 16.2. The SMILES string of the molecule is CCC(=O)O.CCCCCCCCCCCCCCCCCCSC(CSCCCCCCCCCCCC)(SCCCCCCCCCCCC)C(=O)O. The van der Waals surface area contributed by atoms with Crippen molar-refractivity contribution >= 4 is 47.2 Å². The Labute approximate surface area is 357 Å². The van der Waals surface area contributed by atoms with E-state index in [-0.39, 0.29) is 6.42 Å². The fraction of sp³-hybridized carbons (Fsp3) is 0.958. The summed E-state index contributed by atoms with van der Waals surface area (Å²) in [5.74, 6) is 2.54. The van der Waals surface area contributed by atoms with Crippen molar-refractivity contribution in [1.29, 1.82) is 0 Å². The molecule has 0 aromatic carbocycles. The molecular formula is C48H96O4S3. The van der Waals surface area contributed by atoms with Crippen molar-refractivity contribution in [2.24, 2.45) is 0 Å². The van der Waals surface area contributed by atoms with Crippen LogP contribution in [0.3, 0.4) is 0 Å². The molecule has 55 heavy (non-hydrogen) atoms. The topological polar surface area (TPSA) is 74.6 Å². The molecule has 4 nitrogen and oxygen atoms in total. The Morgan fingerprint density at radius 1 is 0.364 bits per heavy atom. The lowest BCUT2D eigenvalue weighted by molar-refractivity contribution is -0.137. The fourth-order valence-electron chi connectivity index (χ4n) is 6.92. The third kappa shape index (κ3) is 44.9. The monoisotopic (exact) mass is 833 g/mol. The summed E-state index contributed by atoms with van der Waals surface area (Å²) in [6, 6.07) is 0. The lowest BCUT2D eigenvalue weighted by Gasteiger charge is -2.28. The van der Waals surface area contributed by atoms with Gasteiger partial charge in [-0.2, -0.15) is 11.8 Å². The molecule has 0 aromatic rings. The number of carbonyl (C=O) groups is 2. The van der Waals surface area contributed by atoms with E-state index in [4.69, 9.17) is 5.11 Å². The molecule has 0 heterocycles. The van der Waals surface area contributed by atoms with Crippen LogP contribution in [0, 0.1) is 0 Å². The van der Waals surface area contributed by atoms with Crippen LogP contribution in [-0.2, 0) is 9.59 Å². The molecule has 0 aromatic heterocycles. The summed E-state index contributed by atoms with van der Waals surface area (Å²) in [5, 5.41) is 18.3. The molecule has 0 aliphatic heterocycles. The second-order valence-corrected chi connectivity index (χ2v) is 20.4. The average Bonchev–Trinajstić information content (AvgIpc) is 3.18. The van der Waals surface area contributed by atoms with Crippen LogP contribution in [0.4, 0.5) is 0 Å². The van der Waals surface area contributed by atoms with Gasteiger partial charge in [-0.15, -0.1) is 23.5 Å². The molecule has 0 saturated carbocycles. The molecular weight excluding hydrogens is 737 g/mol. The molecule has 0 spiro atoms. The fourth-order valence-corrected chi connectivity index (χ4v) is 11.5. The highest BCUT2D eigenvalue weighted by atomic mass is 32.2. The number of rotatable bonds is 45. The van der Waals surface area contributed by atoms with E-state index in [9.17, 15) is 14.7 Å². The van der Waals surface area contributed by atoms with E-state index in [0.29, 0.717) is 0 Å². The first-order valence-electron chi connectivity index (χ1n) is 24.2. The smallest absolute Gasteiger partial charge is 0.330 e. The van der Waals surface area contributed by atoms with E-state index in [0.717, 1.165) is 29.4 Å². The van der Waals surface area contributed by atoms with Crippen LogP contribution < -0.4 is 0 Å². The quantitative estimate of drug-likeness (QED) is 0.0467. The molecule has 0 rings (SSSR count). The van der Waals surface area contributed by atoms with Gasteiger partial charge in [0.15, 0.2) is 4.08 Å². The molecule has 7 heteroatoms. The lowest BCUT2D eigenvalue weighted by atomic mass is 10.0. The number of hydrogen-bond acceptors (Lipinski definition) is 5. The Hall–Kier alpha value is -0.0100. The van der Waals surface area contributed by atoms with Crippen LogP contribution in [0.2, 0.25) is 0 Å². The van der Waals surface area contributed by atoms with Crippen LogP contribution >= 0.6 is 35.3 Å². The lowest BCUT2D eigenvalue weighted by Crippen LogP contribution is -2.35. The van der Waals surface area contributed by atoms with Crippen molar-refractivity contribution < 1.29 is 19.8 Å². The minimum absolute atomic E-state index is 0.222. The number of carboxylic acids is 2. The predicted molar refractivity (Wildman–Crippen MR) is 254 cm³/mol. The molecule has 2 N–H and O–H groups in total. The van der Waals surface area contributed by atoms with Crippen LogP contribution in [0.25, 0.3) is 0 Å². The Bertz CT molecular complexity index is 767. The summed E-state index contributed by atoms with van der Waals surface area (Å²) in [5.41, 5.74) is 0. The van der Waals surface area contributed by atoms with Gasteiger partial charge < -0.3 is 10.2 Å². The molecule has 0 fully saturated rings. The van der Waals surface area contributed by atoms with Gasteiger partial charge >= 0.3 is 11.9 Å². The van der Waals surface area contributed by atoms with Crippen molar-refractivity contribution in [2.75, 3.05) is 23.0 Å². The second kappa shape index (κ2) is 48.4. The maximum absolute atomic E-state index is 12.8. The average molecular weight is 833 g/mol. The normalized spacial score (nSPS) is 12.4. The van der Waals surface area contributed by atoms with Gasteiger partial charge in [-0.1, -0.05) is 240 Å². The first kappa shape index (κ1) is 57.1.